The summed E-state index contributed by atoms with van der Waals surface area (Å²) in [4.78, 5) is 3.21. The first-order valence-electron chi connectivity index (χ1n) is 4.02. The maximum absolute atomic E-state index is 12.5. The standard InChI is InChI=1S/C8H6F5IN2/c9-7(10)4-1-3(2-15)16-6(5(4)14)8(11,12)13/h1,7H,2,15H2. The van der Waals surface area contributed by atoms with Crippen molar-refractivity contribution in [2.75, 3.05) is 0 Å². The lowest BCUT2D eigenvalue weighted by Crippen LogP contribution is -2.15. The van der Waals surface area contributed by atoms with Crippen LogP contribution in [0.25, 0.3) is 0 Å². The number of halogens is 6. The minimum atomic E-state index is -4.76. The van der Waals surface area contributed by atoms with E-state index in [9.17, 15) is 22.0 Å². The molecule has 0 unspecified atom stereocenters. The second-order valence-electron chi connectivity index (χ2n) is 2.87. The van der Waals surface area contributed by atoms with Gasteiger partial charge in [0.05, 0.1) is 9.26 Å². The Labute approximate surface area is 101 Å². The maximum Gasteiger partial charge on any atom is 0.434 e. The molecule has 0 bridgehead atoms. The van der Waals surface area contributed by atoms with Gasteiger partial charge in [0.25, 0.3) is 6.43 Å². The normalized spacial score (nSPS) is 12.2. The van der Waals surface area contributed by atoms with E-state index in [0.29, 0.717) is 0 Å². The number of rotatable bonds is 2. The zero-order valence-corrected chi connectivity index (χ0v) is 9.81. The summed E-state index contributed by atoms with van der Waals surface area (Å²) in [6.45, 7) is -0.320. The summed E-state index contributed by atoms with van der Waals surface area (Å²) in [5, 5.41) is 0. The van der Waals surface area contributed by atoms with Gasteiger partial charge in [-0.2, -0.15) is 13.2 Å². The molecule has 1 heterocycles. The van der Waals surface area contributed by atoms with Crippen LogP contribution in [0.5, 0.6) is 0 Å². The van der Waals surface area contributed by atoms with Gasteiger partial charge < -0.3 is 5.73 Å². The molecule has 0 saturated carbocycles. The molecule has 0 fully saturated rings. The molecule has 8 heteroatoms. The number of hydrogen-bond acceptors (Lipinski definition) is 2. The molecule has 0 atom stereocenters. The Morgan fingerprint density at radius 1 is 1.38 bits per heavy atom. The molecule has 0 amide bonds. The fourth-order valence-corrected chi connectivity index (χ4v) is 1.87. The Kier molecular flexibility index (Phi) is 4.05. The van der Waals surface area contributed by atoms with Crippen LogP contribution in [0.1, 0.15) is 23.4 Å². The lowest BCUT2D eigenvalue weighted by molar-refractivity contribution is -0.142. The van der Waals surface area contributed by atoms with Crippen molar-refractivity contribution in [2.24, 2.45) is 5.73 Å². The summed E-state index contributed by atoms with van der Waals surface area (Å²) < 4.78 is 61.7. The van der Waals surface area contributed by atoms with E-state index in [2.05, 4.69) is 4.98 Å². The molecule has 2 N–H and O–H groups in total. The zero-order valence-electron chi connectivity index (χ0n) is 7.65. The first-order valence-corrected chi connectivity index (χ1v) is 5.10. The molecule has 0 spiro atoms. The summed E-state index contributed by atoms with van der Waals surface area (Å²) in [6.07, 6.45) is -7.74. The van der Waals surface area contributed by atoms with Crippen LogP contribution in [-0.4, -0.2) is 4.98 Å². The summed E-state index contributed by atoms with van der Waals surface area (Å²) in [5.74, 6) is 0. The van der Waals surface area contributed by atoms with Gasteiger partial charge in [-0.25, -0.2) is 13.8 Å². The van der Waals surface area contributed by atoms with Crippen molar-refractivity contribution in [3.8, 4) is 0 Å². The maximum atomic E-state index is 12.5. The fourth-order valence-electron chi connectivity index (χ4n) is 1.06. The number of nitrogens with two attached hydrogens (primary N) is 1. The van der Waals surface area contributed by atoms with E-state index in [1.54, 1.807) is 0 Å². The lowest BCUT2D eigenvalue weighted by Gasteiger charge is -2.13. The average molecular weight is 352 g/mol. The van der Waals surface area contributed by atoms with Crippen LogP contribution in [0, 0.1) is 3.57 Å². The predicted molar refractivity (Wildman–Crippen MR) is 54.8 cm³/mol. The fraction of sp³-hybridized carbons (Fsp3) is 0.375. The van der Waals surface area contributed by atoms with Crippen LogP contribution in [0.15, 0.2) is 6.07 Å². The van der Waals surface area contributed by atoms with Crippen molar-refractivity contribution >= 4 is 22.6 Å². The predicted octanol–water partition coefficient (Wildman–Crippen LogP) is 3.10. The molecular formula is C8H6F5IN2. The molecule has 16 heavy (non-hydrogen) atoms. The van der Waals surface area contributed by atoms with Crippen LogP contribution in [0.3, 0.4) is 0 Å². The van der Waals surface area contributed by atoms with Crippen molar-refractivity contribution < 1.29 is 22.0 Å². The van der Waals surface area contributed by atoms with E-state index in [1.165, 1.54) is 22.6 Å². The van der Waals surface area contributed by atoms with Crippen LogP contribution in [0.4, 0.5) is 22.0 Å². The van der Waals surface area contributed by atoms with E-state index in [0.717, 1.165) is 6.07 Å². The van der Waals surface area contributed by atoms with Gasteiger partial charge >= 0.3 is 6.18 Å². The molecule has 0 radical (unpaired) electrons. The van der Waals surface area contributed by atoms with Crippen LogP contribution in [-0.2, 0) is 12.7 Å². The number of alkyl halides is 5. The van der Waals surface area contributed by atoms with Gasteiger partial charge in [0.15, 0.2) is 5.69 Å². The third-order valence-electron chi connectivity index (χ3n) is 1.75. The van der Waals surface area contributed by atoms with Crippen molar-refractivity contribution in [2.45, 2.75) is 19.1 Å². The highest BCUT2D eigenvalue weighted by atomic mass is 127. The smallest absolute Gasteiger partial charge is 0.325 e. The Bertz CT molecular complexity index is 391. The molecule has 1 aromatic rings. The zero-order chi connectivity index (χ0) is 12.5. The van der Waals surface area contributed by atoms with E-state index in [4.69, 9.17) is 5.73 Å². The molecule has 1 aromatic heterocycles. The number of aromatic nitrogens is 1. The SMILES string of the molecule is NCc1cc(C(F)F)c(I)c(C(F)(F)F)n1. The average Bonchev–Trinajstić information content (AvgIpc) is 2.15. The summed E-state index contributed by atoms with van der Waals surface area (Å²) in [7, 11) is 0. The molecule has 90 valence electrons. The summed E-state index contributed by atoms with van der Waals surface area (Å²) in [6, 6.07) is 0.891. The molecule has 0 aliphatic heterocycles. The second kappa shape index (κ2) is 4.78. The highest BCUT2D eigenvalue weighted by Crippen LogP contribution is 2.36. The molecular weight excluding hydrogens is 346 g/mol. The molecule has 0 aliphatic carbocycles. The van der Waals surface area contributed by atoms with Gasteiger partial charge in [0, 0.05) is 12.1 Å². The highest BCUT2D eigenvalue weighted by molar-refractivity contribution is 14.1. The number of hydrogen-bond donors (Lipinski definition) is 1. The van der Waals surface area contributed by atoms with Gasteiger partial charge in [0.1, 0.15) is 0 Å². The van der Waals surface area contributed by atoms with Gasteiger partial charge in [0.2, 0.25) is 0 Å². The van der Waals surface area contributed by atoms with Crippen LogP contribution in [0.2, 0.25) is 0 Å². The minimum Gasteiger partial charge on any atom is -0.325 e. The van der Waals surface area contributed by atoms with E-state index in [1.807, 2.05) is 0 Å². The van der Waals surface area contributed by atoms with Gasteiger partial charge in [-0.1, -0.05) is 0 Å². The molecule has 0 aromatic carbocycles. The Hall–Kier alpha value is -0.510. The highest BCUT2D eigenvalue weighted by Gasteiger charge is 2.37. The van der Waals surface area contributed by atoms with Crippen molar-refractivity contribution in [1.82, 2.24) is 4.98 Å². The first-order chi connectivity index (χ1) is 7.27. The summed E-state index contributed by atoms with van der Waals surface area (Å²) >= 11 is 1.21. The van der Waals surface area contributed by atoms with Crippen molar-refractivity contribution in [3.05, 3.63) is 26.6 Å². The largest absolute Gasteiger partial charge is 0.434 e. The second-order valence-corrected chi connectivity index (χ2v) is 3.95. The van der Waals surface area contributed by atoms with Crippen LogP contribution >= 0.6 is 22.6 Å². The monoisotopic (exact) mass is 352 g/mol. The minimum absolute atomic E-state index is 0.206. The number of nitrogens with zero attached hydrogens (tertiary/aromatic N) is 1. The van der Waals surface area contributed by atoms with Gasteiger partial charge in [-0.15, -0.1) is 0 Å². The van der Waals surface area contributed by atoms with Crippen molar-refractivity contribution in [3.63, 3.8) is 0 Å². The molecule has 2 nitrogen and oxygen atoms in total. The Morgan fingerprint density at radius 2 is 1.94 bits per heavy atom. The Balaban J connectivity index is 3.44. The first kappa shape index (κ1) is 13.6. The third-order valence-corrected chi connectivity index (χ3v) is 2.89. The molecule has 0 saturated heterocycles. The lowest BCUT2D eigenvalue weighted by atomic mass is 10.2. The number of pyridine rings is 1. The van der Waals surface area contributed by atoms with Gasteiger partial charge in [-0.05, 0) is 28.7 Å². The van der Waals surface area contributed by atoms with E-state index < -0.39 is 27.4 Å². The molecule has 0 aliphatic rings. The quantitative estimate of drug-likeness (QED) is 0.656. The van der Waals surface area contributed by atoms with E-state index in [-0.39, 0.29) is 12.2 Å². The van der Waals surface area contributed by atoms with E-state index >= 15 is 0 Å². The topological polar surface area (TPSA) is 38.9 Å². The van der Waals surface area contributed by atoms with Crippen molar-refractivity contribution in [1.29, 1.82) is 0 Å². The third kappa shape index (κ3) is 2.78. The molecule has 1 rings (SSSR count). The summed E-state index contributed by atoms with van der Waals surface area (Å²) in [5.41, 5.74) is 2.89. The van der Waals surface area contributed by atoms with Gasteiger partial charge in [-0.3, -0.25) is 0 Å². The van der Waals surface area contributed by atoms with Crippen LogP contribution < -0.4 is 5.73 Å². The Morgan fingerprint density at radius 3 is 2.31 bits per heavy atom.